The number of ether oxygens (including phenoxy) is 1. The van der Waals surface area contributed by atoms with Gasteiger partial charge in [-0.25, -0.2) is 4.79 Å². The van der Waals surface area contributed by atoms with Gasteiger partial charge in [0.2, 0.25) is 0 Å². The molecule has 27 heavy (non-hydrogen) atoms. The molecule has 0 unspecified atom stereocenters. The zero-order valence-electron chi connectivity index (χ0n) is 14.6. The number of morpholine rings is 1. The highest BCUT2D eigenvalue weighted by atomic mass is 32.2. The summed E-state index contributed by atoms with van der Waals surface area (Å²) in [7, 11) is 0. The molecule has 0 radical (unpaired) electrons. The monoisotopic (exact) mass is 397 g/mol. The van der Waals surface area contributed by atoms with Crippen molar-refractivity contribution in [3.05, 3.63) is 36.7 Å². The molecule has 146 valence electrons. The summed E-state index contributed by atoms with van der Waals surface area (Å²) >= 11 is 0.392. The molecule has 2 heterocycles. The van der Waals surface area contributed by atoms with Crippen LogP contribution in [0.2, 0.25) is 0 Å². The number of benzene rings is 1. The lowest BCUT2D eigenvalue weighted by Crippen LogP contribution is -2.38. The summed E-state index contributed by atoms with van der Waals surface area (Å²) in [6.07, 6.45) is 3.29. The number of amides is 2. The maximum absolute atomic E-state index is 12.6. The van der Waals surface area contributed by atoms with Gasteiger partial charge in [-0.15, -0.1) is 0 Å². The van der Waals surface area contributed by atoms with E-state index in [2.05, 4.69) is 20.6 Å². The van der Waals surface area contributed by atoms with Crippen LogP contribution in [0.4, 0.5) is 25.0 Å². The fraction of sp³-hybridized carbons (Fsp3) is 0.412. The van der Waals surface area contributed by atoms with Crippen LogP contribution in [0.5, 0.6) is 0 Å². The topological polar surface area (TPSA) is 71.4 Å². The Morgan fingerprint density at radius 2 is 2.00 bits per heavy atom. The van der Waals surface area contributed by atoms with Gasteiger partial charge < -0.3 is 15.4 Å². The Hall–Kier alpha value is -2.17. The molecule has 1 saturated heterocycles. The van der Waals surface area contributed by atoms with E-state index < -0.39 is 11.8 Å². The van der Waals surface area contributed by atoms with E-state index in [4.69, 9.17) is 4.74 Å². The van der Waals surface area contributed by atoms with E-state index in [1.807, 2.05) is 0 Å². The Bertz CT molecular complexity index is 752. The normalized spacial score (nSPS) is 15.1. The minimum Gasteiger partial charge on any atom is -0.379 e. The van der Waals surface area contributed by atoms with Crippen LogP contribution < -0.4 is 10.6 Å². The third-order valence-corrected chi connectivity index (χ3v) is 4.78. The molecular weight excluding hydrogens is 376 g/mol. The number of alkyl halides is 2. The number of nitrogens with zero attached hydrogens (tertiary/aromatic N) is 3. The number of anilines is 2. The smallest absolute Gasteiger partial charge is 0.323 e. The van der Waals surface area contributed by atoms with E-state index in [1.54, 1.807) is 35.3 Å². The molecule has 0 atom stereocenters. The SMILES string of the molecule is O=C(Nc1cnn(CCN2CCOCC2)c1)Nc1ccccc1SC(F)F. The van der Waals surface area contributed by atoms with Gasteiger partial charge in [-0.3, -0.25) is 9.58 Å². The first-order chi connectivity index (χ1) is 13.1. The number of nitrogens with one attached hydrogen (secondary N) is 2. The van der Waals surface area contributed by atoms with Gasteiger partial charge in [0.1, 0.15) is 0 Å². The quantitative estimate of drug-likeness (QED) is 0.703. The van der Waals surface area contributed by atoms with Crippen molar-refractivity contribution in [1.82, 2.24) is 14.7 Å². The maximum atomic E-state index is 12.6. The van der Waals surface area contributed by atoms with E-state index >= 15 is 0 Å². The number of aromatic nitrogens is 2. The standard InChI is InChI=1S/C17H21F2N5O2S/c18-16(19)27-15-4-2-1-3-14(15)22-17(25)21-13-11-20-24(12-13)6-5-23-7-9-26-10-8-23/h1-4,11-12,16H,5-10H2,(H2,21,22,25). The van der Waals surface area contributed by atoms with E-state index in [-0.39, 0.29) is 0 Å². The molecule has 3 rings (SSSR count). The minimum atomic E-state index is -2.55. The van der Waals surface area contributed by atoms with E-state index in [0.717, 1.165) is 32.8 Å². The van der Waals surface area contributed by atoms with Gasteiger partial charge in [-0.05, 0) is 12.1 Å². The average Bonchev–Trinajstić information content (AvgIpc) is 3.09. The number of carbonyl (C=O) groups excluding carboxylic acids is 1. The second-order valence-electron chi connectivity index (χ2n) is 5.90. The summed E-state index contributed by atoms with van der Waals surface area (Å²) < 4.78 is 32.3. The lowest BCUT2D eigenvalue weighted by atomic mass is 10.3. The fourth-order valence-electron chi connectivity index (χ4n) is 2.67. The molecule has 1 aliphatic heterocycles. The summed E-state index contributed by atoms with van der Waals surface area (Å²) in [6.45, 7) is 4.87. The molecule has 1 aromatic carbocycles. The average molecular weight is 397 g/mol. The molecule has 0 saturated carbocycles. The summed E-state index contributed by atoms with van der Waals surface area (Å²) in [6, 6.07) is 5.93. The predicted octanol–water partition coefficient (Wildman–Crippen LogP) is 3.17. The van der Waals surface area contributed by atoms with Crippen LogP contribution in [0.15, 0.2) is 41.6 Å². The van der Waals surface area contributed by atoms with Crippen molar-refractivity contribution < 1.29 is 18.3 Å². The third-order valence-electron chi connectivity index (χ3n) is 3.99. The van der Waals surface area contributed by atoms with Gasteiger partial charge in [0.05, 0.1) is 37.3 Å². The molecule has 1 aromatic heterocycles. The largest absolute Gasteiger partial charge is 0.379 e. The molecule has 1 aliphatic rings. The molecule has 10 heteroatoms. The number of carbonyl (C=O) groups is 1. The number of thioether (sulfide) groups is 1. The second-order valence-corrected chi connectivity index (χ2v) is 6.93. The van der Waals surface area contributed by atoms with Crippen LogP contribution in [0, 0.1) is 0 Å². The van der Waals surface area contributed by atoms with Crippen LogP contribution in [-0.2, 0) is 11.3 Å². The van der Waals surface area contributed by atoms with Crippen molar-refractivity contribution in [1.29, 1.82) is 0 Å². The first kappa shape index (κ1) is 19.6. The van der Waals surface area contributed by atoms with Crippen molar-refractivity contribution in [3.8, 4) is 0 Å². The van der Waals surface area contributed by atoms with Crippen molar-refractivity contribution in [2.75, 3.05) is 43.5 Å². The lowest BCUT2D eigenvalue weighted by Gasteiger charge is -2.26. The third kappa shape index (κ3) is 6.19. The van der Waals surface area contributed by atoms with Crippen molar-refractivity contribution >= 4 is 29.2 Å². The predicted molar refractivity (Wildman–Crippen MR) is 100 cm³/mol. The Balaban J connectivity index is 1.50. The Labute approximate surface area is 160 Å². The number of para-hydroxylation sites is 1. The van der Waals surface area contributed by atoms with Crippen LogP contribution in [-0.4, -0.2) is 59.3 Å². The zero-order valence-corrected chi connectivity index (χ0v) is 15.4. The molecule has 0 aliphatic carbocycles. The van der Waals surface area contributed by atoms with Gasteiger partial charge in [-0.1, -0.05) is 23.9 Å². The fourth-order valence-corrected chi connectivity index (χ4v) is 3.27. The molecule has 0 spiro atoms. The summed E-state index contributed by atoms with van der Waals surface area (Å²) in [4.78, 5) is 14.8. The van der Waals surface area contributed by atoms with Gasteiger partial charge in [0.15, 0.2) is 0 Å². The lowest BCUT2D eigenvalue weighted by molar-refractivity contribution is 0.0360. The number of rotatable bonds is 7. The molecule has 2 aromatic rings. The van der Waals surface area contributed by atoms with Gasteiger partial charge in [-0.2, -0.15) is 13.9 Å². The molecule has 0 bridgehead atoms. The minimum absolute atomic E-state index is 0.309. The van der Waals surface area contributed by atoms with Gasteiger partial charge in [0, 0.05) is 30.7 Å². The number of urea groups is 1. The van der Waals surface area contributed by atoms with Crippen molar-refractivity contribution in [3.63, 3.8) is 0 Å². The zero-order chi connectivity index (χ0) is 19.1. The van der Waals surface area contributed by atoms with E-state index in [0.29, 0.717) is 34.6 Å². The Morgan fingerprint density at radius 3 is 2.78 bits per heavy atom. The summed E-state index contributed by atoms with van der Waals surface area (Å²) in [5, 5.41) is 9.49. The second kappa shape index (κ2) is 9.67. The van der Waals surface area contributed by atoms with Crippen LogP contribution in [0.3, 0.4) is 0 Å². The van der Waals surface area contributed by atoms with Crippen LogP contribution >= 0.6 is 11.8 Å². The highest BCUT2D eigenvalue weighted by molar-refractivity contribution is 7.99. The first-order valence-electron chi connectivity index (χ1n) is 8.54. The maximum Gasteiger partial charge on any atom is 0.323 e. The Morgan fingerprint density at radius 1 is 1.22 bits per heavy atom. The molecule has 1 fully saturated rings. The number of hydrogen-bond donors (Lipinski definition) is 2. The highest BCUT2D eigenvalue weighted by Crippen LogP contribution is 2.31. The van der Waals surface area contributed by atoms with E-state index in [9.17, 15) is 13.6 Å². The van der Waals surface area contributed by atoms with E-state index in [1.165, 1.54) is 6.07 Å². The number of hydrogen-bond acceptors (Lipinski definition) is 5. The van der Waals surface area contributed by atoms with Crippen LogP contribution in [0.25, 0.3) is 0 Å². The van der Waals surface area contributed by atoms with Gasteiger partial charge in [0.25, 0.3) is 5.76 Å². The van der Waals surface area contributed by atoms with Crippen LogP contribution in [0.1, 0.15) is 0 Å². The molecule has 2 N–H and O–H groups in total. The van der Waals surface area contributed by atoms with Crippen molar-refractivity contribution in [2.45, 2.75) is 17.2 Å². The Kier molecular flexibility index (Phi) is 7.02. The number of halogens is 2. The molecule has 7 nitrogen and oxygen atoms in total. The van der Waals surface area contributed by atoms with Gasteiger partial charge >= 0.3 is 6.03 Å². The molecular formula is C17H21F2N5O2S. The molecule has 2 amide bonds. The first-order valence-corrected chi connectivity index (χ1v) is 9.42. The summed E-state index contributed by atoms with van der Waals surface area (Å²) in [5.74, 6) is -2.55. The van der Waals surface area contributed by atoms with Crippen molar-refractivity contribution in [2.24, 2.45) is 0 Å². The summed E-state index contributed by atoms with van der Waals surface area (Å²) in [5.41, 5.74) is 0.869. The highest BCUT2D eigenvalue weighted by Gasteiger charge is 2.13.